The lowest BCUT2D eigenvalue weighted by Gasteiger charge is -2.36. The number of carboxylic acids is 1. The third kappa shape index (κ3) is 6.44. The van der Waals surface area contributed by atoms with Crippen molar-refractivity contribution in [3.63, 3.8) is 0 Å². The number of carbonyl (C=O) groups is 1. The molecule has 1 aliphatic rings. The van der Waals surface area contributed by atoms with Crippen LogP contribution >= 0.6 is 0 Å². The Labute approximate surface area is 172 Å². The summed E-state index contributed by atoms with van der Waals surface area (Å²) in [6.45, 7) is 6.25. The van der Waals surface area contributed by atoms with Crippen molar-refractivity contribution in [2.45, 2.75) is 13.0 Å². The molecule has 29 heavy (non-hydrogen) atoms. The highest BCUT2D eigenvalue weighted by Gasteiger charge is 2.19. The zero-order chi connectivity index (χ0) is 20.5. The van der Waals surface area contributed by atoms with Crippen LogP contribution in [0.1, 0.15) is 12.1 Å². The van der Waals surface area contributed by atoms with Crippen molar-refractivity contribution in [3.8, 4) is 5.75 Å². The van der Waals surface area contributed by atoms with Crippen LogP contribution in [0.25, 0.3) is 0 Å². The first-order valence-corrected chi connectivity index (χ1v) is 10.1. The first-order chi connectivity index (χ1) is 14.2. The molecule has 0 atom stereocenters. The zero-order valence-corrected chi connectivity index (χ0v) is 17.0. The van der Waals surface area contributed by atoms with Crippen LogP contribution in [0.2, 0.25) is 0 Å². The number of methoxy groups -OCH3 is 1. The van der Waals surface area contributed by atoms with Gasteiger partial charge in [0, 0.05) is 45.5 Å². The number of hydrogen-bond acceptors (Lipinski definition) is 6. The Bertz CT molecular complexity index is 764. The number of nitrogens with zero attached hydrogens (tertiary/aromatic N) is 4. The van der Waals surface area contributed by atoms with E-state index >= 15 is 0 Å². The molecule has 7 heteroatoms. The van der Waals surface area contributed by atoms with E-state index in [9.17, 15) is 9.90 Å². The van der Waals surface area contributed by atoms with Crippen molar-refractivity contribution in [3.05, 3.63) is 54.4 Å². The van der Waals surface area contributed by atoms with E-state index in [-0.39, 0.29) is 6.54 Å². The van der Waals surface area contributed by atoms with Crippen LogP contribution in [0.3, 0.4) is 0 Å². The van der Waals surface area contributed by atoms with E-state index in [1.54, 1.807) is 13.3 Å². The Balaban J connectivity index is 1.44. The smallest absolute Gasteiger partial charge is 0.317 e. The summed E-state index contributed by atoms with van der Waals surface area (Å²) < 4.78 is 5.48. The van der Waals surface area contributed by atoms with Crippen molar-refractivity contribution in [2.75, 3.05) is 57.8 Å². The maximum Gasteiger partial charge on any atom is 0.317 e. The van der Waals surface area contributed by atoms with Crippen molar-refractivity contribution in [1.82, 2.24) is 14.8 Å². The van der Waals surface area contributed by atoms with E-state index in [4.69, 9.17) is 4.74 Å². The van der Waals surface area contributed by atoms with Gasteiger partial charge in [0.25, 0.3) is 0 Å². The molecule has 0 spiro atoms. The standard InChI is InChI=1S/C22H30N4O3/c1-29-21-9-3-2-8-20(21)26-15-13-24(14-16-26)11-6-12-25(18-22(27)28)17-19-7-4-5-10-23-19/h2-5,7-10H,6,11-18H2,1H3,(H,27,28). The number of hydrogen-bond donors (Lipinski definition) is 1. The van der Waals surface area contributed by atoms with Gasteiger partial charge in [0.2, 0.25) is 0 Å². The summed E-state index contributed by atoms with van der Waals surface area (Å²) in [5.41, 5.74) is 2.05. The number of carboxylic acid groups (broad SMARTS) is 1. The third-order valence-corrected chi connectivity index (χ3v) is 5.22. The lowest BCUT2D eigenvalue weighted by atomic mass is 10.2. The highest BCUT2D eigenvalue weighted by atomic mass is 16.5. The summed E-state index contributed by atoms with van der Waals surface area (Å²) >= 11 is 0. The predicted octanol–water partition coefficient (Wildman–Crippen LogP) is 2.19. The van der Waals surface area contributed by atoms with Gasteiger partial charge in [-0.15, -0.1) is 0 Å². The van der Waals surface area contributed by atoms with E-state index < -0.39 is 5.97 Å². The van der Waals surface area contributed by atoms with Crippen LogP contribution in [0, 0.1) is 0 Å². The fraction of sp³-hybridized carbons (Fsp3) is 0.455. The fourth-order valence-corrected chi connectivity index (χ4v) is 3.75. The van der Waals surface area contributed by atoms with E-state index in [2.05, 4.69) is 20.9 Å². The van der Waals surface area contributed by atoms with Crippen molar-refractivity contribution < 1.29 is 14.6 Å². The van der Waals surface area contributed by atoms with Crippen LogP contribution in [-0.4, -0.2) is 78.8 Å². The number of aliphatic carboxylic acids is 1. The minimum atomic E-state index is -0.800. The monoisotopic (exact) mass is 398 g/mol. The molecule has 1 aliphatic heterocycles. The van der Waals surface area contributed by atoms with Gasteiger partial charge in [-0.3, -0.25) is 19.6 Å². The van der Waals surface area contributed by atoms with Gasteiger partial charge >= 0.3 is 5.97 Å². The van der Waals surface area contributed by atoms with Gasteiger partial charge in [0.05, 0.1) is 25.0 Å². The SMILES string of the molecule is COc1ccccc1N1CCN(CCCN(CC(=O)O)Cc2ccccn2)CC1. The molecule has 156 valence electrons. The first kappa shape index (κ1) is 21.1. The molecule has 0 unspecified atom stereocenters. The second kappa shape index (κ2) is 10.8. The number of rotatable bonds is 10. The average Bonchev–Trinajstić information content (AvgIpc) is 2.74. The highest BCUT2D eigenvalue weighted by Crippen LogP contribution is 2.28. The van der Waals surface area contributed by atoms with Gasteiger partial charge in [-0.2, -0.15) is 0 Å². The molecular weight excluding hydrogens is 368 g/mol. The maximum absolute atomic E-state index is 11.2. The summed E-state index contributed by atoms with van der Waals surface area (Å²) in [7, 11) is 1.71. The molecule has 0 aliphatic carbocycles. The van der Waals surface area contributed by atoms with Crippen LogP contribution in [-0.2, 0) is 11.3 Å². The largest absolute Gasteiger partial charge is 0.495 e. The fourth-order valence-electron chi connectivity index (χ4n) is 3.75. The van der Waals surface area contributed by atoms with Crippen molar-refractivity contribution >= 4 is 11.7 Å². The summed E-state index contributed by atoms with van der Waals surface area (Å²) in [5.74, 6) is 0.117. The number of aromatic nitrogens is 1. The Kier molecular flexibility index (Phi) is 7.84. The van der Waals surface area contributed by atoms with Gasteiger partial charge in [-0.1, -0.05) is 18.2 Å². The molecule has 1 fully saturated rings. The average molecular weight is 399 g/mol. The van der Waals surface area contributed by atoms with Crippen molar-refractivity contribution in [2.24, 2.45) is 0 Å². The summed E-state index contributed by atoms with van der Waals surface area (Å²) in [6.07, 6.45) is 2.68. The van der Waals surface area contributed by atoms with E-state index in [1.807, 2.05) is 41.3 Å². The van der Waals surface area contributed by atoms with Crippen LogP contribution in [0.4, 0.5) is 5.69 Å². The summed E-state index contributed by atoms with van der Waals surface area (Å²) in [5, 5.41) is 9.20. The number of ether oxygens (including phenoxy) is 1. The van der Waals surface area contributed by atoms with Crippen LogP contribution < -0.4 is 9.64 Å². The highest BCUT2D eigenvalue weighted by molar-refractivity contribution is 5.69. The molecule has 1 N–H and O–H groups in total. The maximum atomic E-state index is 11.2. The van der Waals surface area contributed by atoms with E-state index in [0.29, 0.717) is 6.54 Å². The Hall–Kier alpha value is -2.64. The van der Waals surface area contributed by atoms with Gasteiger partial charge in [0.15, 0.2) is 0 Å². The molecule has 0 radical (unpaired) electrons. The molecule has 1 aromatic carbocycles. The molecule has 2 heterocycles. The first-order valence-electron chi connectivity index (χ1n) is 10.1. The Morgan fingerprint density at radius 3 is 2.59 bits per heavy atom. The molecule has 0 saturated carbocycles. The number of piperazine rings is 1. The van der Waals surface area contributed by atoms with Crippen LogP contribution in [0.5, 0.6) is 5.75 Å². The topological polar surface area (TPSA) is 69.1 Å². The second-order valence-electron chi connectivity index (χ2n) is 7.28. The lowest BCUT2D eigenvalue weighted by molar-refractivity contribution is -0.138. The van der Waals surface area contributed by atoms with Gasteiger partial charge in [-0.05, 0) is 37.2 Å². The van der Waals surface area contributed by atoms with Gasteiger partial charge in [0.1, 0.15) is 5.75 Å². The van der Waals surface area contributed by atoms with Crippen molar-refractivity contribution in [1.29, 1.82) is 0 Å². The Morgan fingerprint density at radius 1 is 1.14 bits per heavy atom. The van der Waals surface area contributed by atoms with Crippen LogP contribution in [0.15, 0.2) is 48.7 Å². The minimum absolute atomic E-state index is 0.0398. The summed E-state index contributed by atoms with van der Waals surface area (Å²) in [6, 6.07) is 13.9. The summed E-state index contributed by atoms with van der Waals surface area (Å²) in [4.78, 5) is 22.3. The quantitative estimate of drug-likeness (QED) is 0.658. The lowest BCUT2D eigenvalue weighted by Crippen LogP contribution is -2.47. The minimum Gasteiger partial charge on any atom is -0.495 e. The number of pyridine rings is 1. The molecular formula is C22H30N4O3. The molecule has 0 amide bonds. The van der Waals surface area contributed by atoms with E-state index in [0.717, 1.165) is 62.8 Å². The predicted molar refractivity (Wildman–Crippen MR) is 113 cm³/mol. The van der Waals surface area contributed by atoms with Gasteiger partial charge < -0.3 is 14.7 Å². The Morgan fingerprint density at radius 2 is 1.90 bits per heavy atom. The zero-order valence-electron chi connectivity index (χ0n) is 17.0. The number of anilines is 1. The normalized spacial score (nSPS) is 14.9. The molecule has 7 nitrogen and oxygen atoms in total. The van der Waals surface area contributed by atoms with E-state index in [1.165, 1.54) is 0 Å². The van der Waals surface area contributed by atoms with Gasteiger partial charge in [-0.25, -0.2) is 0 Å². The molecule has 1 saturated heterocycles. The number of benzene rings is 1. The molecule has 3 rings (SSSR count). The number of para-hydroxylation sites is 2. The molecule has 0 bridgehead atoms. The molecule has 1 aromatic heterocycles. The third-order valence-electron chi connectivity index (χ3n) is 5.22. The molecule has 2 aromatic rings. The second-order valence-corrected chi connectivity index (χ2v) is 7.28.